The second-order valence-electron chi connectivity index (χ2n) is 4.39. The minimum atomic E-state index is 0.584. The minimum Gasteiger partial charge on any atom is -0.334 e. The molecule has 0 aliphatic carbocycles. The lowest BCUT2D eigenvalue weighted by Crippen LogP contribution is -2.15. The minimum absolute atomic E-state index is 0.584. The Bertz CT molecular complexity index is 469. The van der Waals surface area contributed by atoms with E-state index >= 15 is 0 Å². The number of imidazole rings is 1. The van der Waals surface area contributed by atoms with Crippen LogP contribution in [-0.2, 0) is 13.5 Å². The highest BCUT2D eigenvalue weighted by Crippen LogP contribution is 2.17. The second kappa shape index (κ2) is 4.66. The van der Waals surface area contributed by atoms with Crippen molar-refractivity contribution in [3.63, 3.8) is 0 Å². The SMILES string of the molecule is CCC(CN)Cc1ccc2c(c1)ncn2C. The fourth-order valence-electron chi connectivity index (χ4n) is 2.04. The maximum absolute atomic E-state index is 5.73. The van der Waals surface area contributed by atoms with E-state index in [-0.39, 0.29) is 0 Å². The first-order valence-corrected chi connectivity index (χ1v) is 5.84. The van der Waals surface area contributed by atoms with Gasteiger partial charge in [-0.3, -0.25) is 0 Å². The maximum atomic E-state index is 5.73. The third-order valence-electron chi connectivity index (χ3n) is 3.22. The molecule has 16 heavy (non-hydrogen) atoms. The van der Waals surface area contributed by atoms with Crippen LogP contribution in [0.4, 0.5) is 0 Å². The van der Waals surface area contributed by atoms with Gasteiger partial charge in [-0.05, 0) is 36.6 Å². The molecule has 1 heterocycles. The van der Waals surface area contributed by atoms with Crippen LogP contribution in [0.1, 0.15) is 18.9 Å². The highest BCUT2D eigenvalue weighted by atomic mass is 15.0. The number of hydrogen-bond donors (Lipinski definition) is 1. The van der Waals surface area contributed by atoms with Crippen LogP contribution in [0.25, 0.3) is 11.0 Å². The zero-order valence-corrected chi connectivity index (χ0v) is 9.98. The number of aryl methyl sites for hydroxylation is 1. The molecule has 0 spiro atoms. The van der Waals surface area contributed by atoms with E-state index in [1.54, 1.807) is 0 Å². The lowest BCUT2D eigenvalue weighted by atomic mass is 9.97. The van der Waals surface area contributed by atoms with Gasteiger partial charge in [-0.1, -0.05) is 19.4 Å². The molecule has 0 aliphatic rings. The second-order valence-corrected chi connectivity index (χ2v) is 4.39. The van der Waals surface area contributed by atoms with E-state index in [9.17, 15) is 0 Å². The van der Waals surface area contributed by atoms with Crippen LogP contribution >= 0.6 is 0 Å². The fourth-order valence-corrected chi connectivity index (χ4v) is 2.04. The van der Waals surface area contributed by atoms with E-state index in [2.05, 4.69) is 30.1 Å². The van der Waals surface area contributed by atoms with E-state index < -0.39 is 0 Å². The van der Waals surface area contributed by atoms with Gasteiger partial charge in [0.2, 0.25) is 0 Å². The summed E-state index contributed by atoms with van der Waals surface area (Å²) in [5, 5.41) is 0. The molecule has 0 radical (unpaired) electrons. The molecule has 0 saturated carbocycles. The predicted molar refractivity (Wildman–Crippen MR) is 67.3 cm³/mol. The molecule has 3 heteroatoms. The number of nitrogens with zero attached hydrogens (tertiary/aromatic N) is 2. The molecule has 3 nitrogen and oxygen atoms in total. The number of aromatic nitrogens is 2. The normalized spacial score (nSPS) is 13.2. The van der Waals surface area contributed by atoms with Crippen molar-refractivity contribution in [3.8, 4) is 0 Å². The van der Waals surface area contributed by atoms with Gasteiger partial charge in [0.15, 0.2) is 0 Å². The van der Waals surface area contributed by atoms with Gasteiger partial charge in [-0.2, -0.15) is 0 Å². The van der Waals surface area contributed by atoms with Crippen LogP contribution in [0.15, 0.2) is 24.5 Å². The first-order chi connectivity index (χ1) is 7.74. The van der Waals surface area contributed by atoms with Gasteiger partial charge < -0.3 is 10.3 Å². The lowest BCUT2D eigenvalue weighted by Gasteiger charge is -2.11. The first kappa shape index (κ1) is 11.1. The Labute approximate surface area is 96.3 Å². The summed E-state index contributed by atoms with van der Waals surface area (Å²) < 4.78 is 2.04. The Morgan fingerprint density at radius 2 is 2.25 bits per heavy atom. The molecule has 0 bridgehead atoms. The van der Waals surface area contributed by atoms with Gasteiger partial charge in [0.05, 0.1) is 17.4 Å². The molecule has 2 N–H and O–H groups in total. The number of fused-ring (bicyclic) bond motifs is 1. The number of hydrogen-bond acceptors (Lipinski definition) is 2. The summed E-state index contributed by atoms with van der Waals surface area (Å²) in [7, 11) is 2.02. The molecule has 1 aromatic carbocycles. The number of rotatable bonds is 4. The molecule has 0 fully saturated rings. The lowest BCUT2D eigenvalue weighted by molar-refractivity contribution is 0.519. The fraction of sp³-hybridized carbons (Fsp3) is 0.462. The summed E-state index contributed by atoms with van der Waals surface area (Å²) in [6.45, 7) is 2.95. The molecule has 0 amide bonds. The van der Waals surface area contributed by atoms with Gasteiger partial charge >= 0.3 is 0 Å². The van der Waals surface area contributed by atoms with Crippen molar-refractivity contribution in [2.75, 3.05) is 6.54 Å². The summed E-state index contributed by atoms with van der Waals surface area (Å²) in [6, 6.07) is 6.50. The van der Waals surface area contributed by atoms with Gasteiger partial charge in [-0.25, -0.2) is 4.98 Å². The topological polar surface area (TPSA) is 43.8 Å². The van der Waals surface area contributed by atoms with Crippen molar-refractivity contribution < 1.29 is 0 Å². The monoisotopic (exact) mass is 217 g/mol. The molecule has 2 aromatic rings. The van der Waals surface area contributed by atoms with Gasteiger partial charge in [-0.15, -0.1) is 0 Å². The smallest absolute Gasteiger partial charge is 0.0955 e. The molecule has 0 aliphatic heterocycles. The zero-order valence-electron chi connectivity index (χ0n) is 9.98. The molecule has 1 aromatic heterocycles. The quantitative estimate of drug-likeness (QED) is 0.852. The van der Waals surface area contributed by atoms with Crippen molar-refractivity contribution in [2.24, 2.45) is 18.7 Å². The Morgan fingerprint density at radius 1 is 1.44 bits per heavy atom. The van der Waals surface area contributed by atoms with Crippen molar-refractivity contribution in [1.29, 1.82) is 0 Å². The van der Waals surface area contributed by atoms with E-state index in [0.29, 0.717) is 5.92 Å². The summed E-state index contributed by atoms with van der Waals surface area (Å²) in [4.78, 5) is 4.37. The first-order valence-electron chi connectivity index (χ1n) is 5.84. The molecular weight excluding hydrogens is 198 g/mol. The standard InChI is InChI=1S/C13H19N3/c1-3-10(8-14)6-11-4-5-13-12(7-11)15-9-16(13)2/h4-5,7,9-10H,3,6,8,14H2,1-2H3. The number of nitrogens with two attached hydrogens (primary N) is 1. The average Bonchev–Trinajstić information content (AvgIpc) is 2.68. The molecular formula is C13H19N3. The highest BCUT2D eigenvalue weighted by molar-refractivity contribution is 5.75. The summed E-state index contributed by atoms with van der Waals surface area (Å²) in [5.74, 6) is 0.584. The van der Waals surface area contributed by atoms with E-state index in [4.69, 9.17) is 5.73 Å². The van der Waals surface area contributed by atoms with Crippen molar-refractivity contribution in [1.82, 2.24) is 9.55 Å². The average molecular weight is 217 g/mol. The summed E-state index contributed by atoms with van der Waals surface area (Å²) >= 11 is 0. The Kier molecular flexibility index (Phi) is 3.25. The van der Waals surface area contributed by atoms with Crippen LogP contribution < -0.4 is 5.73 Å². The summed E-state index contributed by atoms with van der Waals surface area (Å²) in [6.07, 6.45) is 4.05. The van der Waals surface area contributed by atoms with E-state index in [1.165, 1.54) is 11.1 Å². The third-order valence-corrected chi connectivity index (χ3v) is 3.22. The molecule has 1 atom stereocenters. The predicted octanol–water partition coefficient (Wildman–Crippen LogP) is 2.10. The molecule has 1 unspecified atom stereocenters. The molecule has 86 valence electrons. The van der Waals surface area contributed by atoms with Crippen molar-refractivity contribution >= 4 is 11.0 Å². The van der Waals surface area contributed by atoms with Crippen LogP contribution in [-0.4, -0.2) is 16.1 Å². The van der Waals surface area contributed by atoms with E-state index in [1.807, 2.05) is 17.9 Å². The summed E-state index contributed by atoms with van der Waals surface area (Å²) in [5.41, 5.74) is 9.33. The van der Waals surface area contributed by atoms with Crippen molar-refractivity contribution in [3.05, 3.63) is 30.1 Å². The van der Waals surface area contributed by atoms with Crippen LogP contribution in [0.3, 0.4) is 0 Å². The Morgan fingerprint density at radius 3 is 2.94 bits per heavy atom. The van der Waals surface area contributed by atoms with Gasteiger partial charge in [0.25, 0.3) is 0 Å². The van der Waals surface area contributed by atoms with Crippen LogP contribution in [0, 0.1) is 5.92 Å². The Hall–Kier alpha value is -1.35. The van der Waals surface area contributed by atoms with Gasteiger partial charge in [0.1, 0.15) is 0 Å². The van der Waals surface area contributed by atoms with Crippen LogP contribution in [0.5, 0.6) is 0 Å². The van der Waals surface area contributed by atoms with Crippen molar-refractivity contribution in [2.45, 2.75) is 19.8 Å². The molecule has 2 rings (SSSR count). The van der Waals surface area contributed by atoms with Gasteiger partial charge in [0, 0.05) is 7.05 Å². The Balaban J connectivity index is 2.25. The largest absolute Gasteiger partial charge is 0.334 e. The maximum Gasteiger partial charge on any atom is 0.0955 e. The zero-order chi connectivity index (χ0) is 11.5. The third kappa shape index (κ3) is 2.09. The van der Waals surface area contributed by atoms with E-state index in [0.717, 1.165) is 24.9 Å². The highest BCUT2D eigenvalue weighted by Gasteiger charge is 2.07. The number of benzene rings is 1. The molecule has 0 saturated heterocycles. The van der Waals surface area contributed by atoms with Crippen LogP contribution in [0.2, 0.25) is 0 Å².